The molecule has 4 heteroatoms. The smallest absolute Gasteiger partial charge is 0.0654 e. The van der Waals surface area contributed by atoms with Crippen LogP contribution in [0.3, 0.4) is 0 Å². The molecule has 0 atom stereocenters. The molecule has 1 saturated heterocycles. The number of benzene rings is 1. The molecular formula is C12H16Cl2N2. The van der Waals surface area contributed by atoms with E-state index < -0.39 is 0 Å². The van der Waals surface area contributed by atoms with Crippen molar-refractivity contribution in [3.05, 3.63) is 28.2 Å². The number of hydrogen-bond donors (Lipinski definition) is 1. The first-order valence-corrected chi connectivity index (χ1v) is 6.22. The van der Waals surface area contributed by atoms with E-state index in [4.69, 9.17) is 28.9 Å². The van der Waals surface area contributed by atoms with E-state index in [1.807, 2.05) is 12.1 Å². The average molecular weight is 259 g/mol. The Kier molecular flexibility index (Phi) is 3.34. The van der Waals surface area contributed by atoms with Gasteiger partial charge in [-0.05, 0) is 38.0 Å². The van der Waals surface area contributed by atoms with Crippen molar-refractivity contribution in [1.29, 1.82) is 0 Å². The summed E-state index contributed by atoms with van der Waals surface area (Å²) in [6.45, 7) is 4.01. The van der Waals surface area contributed by atoms with E-state index in [1.54, 1.807) is 6.07 Å². The van der Waals surface area contributed by atoms with Crippen LogP contribution in [0.4, 0.5) is 5.69 Å². The van der Waals surface area contributed by atoms with Gasteiger partial charge >= 0.3 is 0 Å². The van der Waals surface area contributed by atoms with Crippen LogP contribution < -0.4 is 10.6 Å². The number of nitrogens with two attached hydrogens (primary N) is 1. The summed E-state index contributed by atoms with van der Waals surface area (Å²) in [7, 11) is 0. The molecule has 1 aromatic rings. The molecule has 1 aliphatic rings. The van der Waals surface area contributed by atoms with Crippen molar-refractivity contribution in [3.63, 3.8) is 0 Å². The second kappa shape index (κ2) is 4.44. The second-order valence-corrected chi connectivity index (χ2v) is 5.58. The van der Waals surface area contributed by atoms with Gasteiger partial charge < -0.3 is 10.6 Å². The molecule has 0 aliphatic carbocycles. The predicted octanol–water partition coefficient (Wildman–Crippen LogP) is 3.31. The summed E-state index contributed by atoms with van der Waals surface area (Å²) in [6, 6.07) is 5.64. The van der Waals surface area contributed by atoms with E-state index >= 15 is 0 Å². The van der Waals surface area contributed by atoms with Crippen molar-refractivity contribution in [2.24, 2.45) is 5.73 Å². The predicted molar refractivity (Wildman–Crippen MR) is 70.5 cm³/mol. The Balaban J connectivity index is 2.14. The van der Waals surface area contributed by atoms with Gasteiger partial charge in [-0.25, -0.2) is 0 Å². The quantitative estimate of drug-likeness (QED) is 0.838. The lowest BCUT2D eigenvalue weighted by atomic mass is 9.91. The van der Waals surface area contributed by atoms with Crippen LogP contribution in [0.15, 0.2) is 18.2 Å². The highest BCUT2D eigenvalue weighted by Crippen LogP contribution is 2.31. The molecule has 2 N–H and O–H groups in total. The van der Waals surface area contributed by atoms with Crippen LogP contribution in [-0.2, 0) is 0 Å². The van der Waals surface area contributed by atoms with Gasteiger partial charge in [-0.1, -0.05) is 23.2 Å². The standard InChI is InChI=1S/C12H16Cl2N2/c1-12(15)4-6-16(7-5-12)11-3-2-9(13)8-10(11)14/h2-3,8H,4-7,15H2,1H3. The third-order valence-electron chi connectivity index (χ3n) is 3.16. The lowest BCUT2D eigenvalue weighted by Crippen LogP contribution is -2.48. The van der Waals surface area contributed by atoms with Crippen molar-refractivity contribution < 1.29 is 0 Å². The van der Waals surface area contributed by atoms with E-state index in [1.165, 1.54) is 0 Å². The second-order valence-electron chi connectivity index (χ2n) is 4.74. The van der Waals surface area contributed by atoms with Gasteiger partial charge in [0.25, 0.3) is 0 Å². The first-order valence-electron chi connectivity index (χ1n) is 5.47. The van der Waals surface area contributed by atoms with Crippen LogP contribution in [0.5, 0.6) is 0 Å². The molecule has 0 amide bonds. The topological polar surface area (TPSA) is 29.3 Å². The van der Waals surface area contributed by atoms with Gasteiger partial charge in [0.2, 0.25) is 0 Å². The molecule has 0 aromatic heterocycles. The Morgan fingerprint density at radius 1 is 1.25 bits per heavy atom. The monoisotopic (exact) mass is 258 g/mol. The fourth-order valence-corrected chi connectivity index (χ4v) is 2.52. The number of halogens is 2. The Bertz CT molecular complexity index is 381. The van der Waals surface area contributed by atoms with Gasteiger partial charge in [-0.2, -0.15) is 0 Å². The molecular weight excluding hydrogens is 243 g/mol. The molecule has 0 radical (unpaired) electrons. The molecule has 1 fully saturated rings. The van der Waals surface area contributed by atoms with E-state index in [0.717, 1.165) is 31.6 Å². The molecule has 16 heavy (non-hydrogen) atoms. The van der Waals surface area contributed by atoms with E-state index in [9.17, 15) is 0 Å². The van der Waals surface area contributed by atoms with Gasteiger partial charge in [0.15, 0.2) is 0 Å². The number of nitrogens with zero attached hydrogens (tertiary/aromatic N) is 1. The Morgan fingerprint density at radius 3 is 2.44 bits per heavy atom. The van der Waals surface area contributed by atoms with Crippen molar-refractivity contribution >= 4 is 28.9 Å². The third kappa shape index (κ3) is 2.62. The first-order chi connectivity index (χ1) is 7.48. The molecule has 0 bridgehead atoms. The Hall–Kier alpha value is -0.440. The Labute approximate surface area is 106 Å². The third-order valence-corrected chi connectivity index (χ3v) is 3.69. The van der Waals surface area contributed by atoms with Crippen LogP contribution in [0, 0.1) is 0 Å². The van der Waals surface area contributed by atoms with Gasteiger partial charge in [0.1, 0.15) is 0 Å². The van der Waals surface area contributed by atoms with E-state index in [2.05, 4.69) is 11.8 Å². The number of hydrogen-bond acceptors (Lipinski definition) is 2. The van der Waals surface area contributed by atoms with Crippen molar-refractivity contribution in [3.8, 4) is 0 Å². The summed E-state index contributed by atoms with van der Waals surface area (Å²) >= 11 is 12.1. The zero-order valence-corrected chi connectivity index (χ0v) is 10.9. The SMILES string of the molecule is CC1(N)CCN(c2ccc(Cl)cc2Cl)CC1. The van der Waals surface area contributed by atoms with Crippen LogP contribution in [0.2, 0.25) is 10.0 Å². The fraction of sp³-hybridized carbons (Fsp3) is 0.500. The molecule has 2 nitrogen and oxygen atoms in total. The summed E-state index contributed by atoms with van der Waals surface area (Å²) in [5.74, 6) is 0. The van der Waals surface area contributed by atoms with Gasteiger partial charge in [0.05, 0.1) is 10.7 Å². The van der Waals surface area contributed by atoms with Crippen molar-refractivity contribution in [2.45, 2.75) is 25.3 Å². The van der Waals surface area contributed by atoms with Gasteiger partial charge in [-0.3, -0.25) is 0 Å². The summed E-state index contributed by atoms with van der Waals surface area (Å²) in [4.78, 5) is 2.27. The normalized spacial score (nSPS) is 19.9. The zero-order chi connectivity index (χ0) is 11.8. The highest BCUT2D eigenvalue weighted by Gasteiger charge is 2.26. The number of piperidine rings is 1. The lowest BCUT2D eigenvalue weighted by Gasteiger charge is -2.38. The molecule has 0 unspecified atom stereocenters. The van der Waals surface area contributed by atoms with E-state index in [-0.39, 0.29) is 5.54 Å². The maximum absolute atomic E-state index is 6.18. The molecule has 1 aliphatic heterocycles. The first kappa shape index (κ1) is 12.0. The molecule has 0 spiro atoms. The van der Waals surface area contributed by atoms with Crippen LogP contribution in [-0.4, -0.2) is 18.6 Å². The summed E-state index contributed by atoms with van der Waals surface area (Å²) in [5, 5.41) is 1.39. The summed E-state index contributed by atoms with van der Waals surface area (Å²) in [5.41, 5.74) is 7.12. The minimum absolute atomic E-state index is 0.0323. The van der Waals surface area contributed by atoms with Crippen LogP contribution >= 0.6 is 23.2 Å². The Morgan fingerprint density at radius 2 is 1.88 bits per heavy atom. The average Bonchev–Trinajstić information content (AvgIpc) is 2.19. The molecule has 1 aromatic carbocycles. The van der Waals surface area contributed by atoms with E-state index in [0.29, 0.717) is 10.0 Å². The molecule has 2 rings (SSSR count). The van der Waals surface area contributed by atoms with Gasteiger partial charge in [0, 0.05) is 23.7 Å². The van der Waals surface area contributed by atoms with Crippen molar-refractivity contribution in [1.82, 2.24) is 0 Å². The minimum atomic E-state index is -0.0323. The minimum Gasteiger partial charge on any atom is -0.370 e. The highest BCUT2D eigenvalue weighted by molar-refractivity contribution is 6.36. The van der Waals surface area contributed by atoms with Crippen molar-refractivity contribution in [2.75, 3.05) is 18.0 Å². The number of rotatable bonds is 1. The summed E-state index contributed by atoms with van der Waals surface area (Å²) in [6.07, 6.45) is 1.98. The molecule has 0 saturated carbocycles. The highest BCUT2D eigenvalue weighted by atomic mass is 35.5. The maximum atomic E-state index is 6.18. The largest absolute Gasteiger partial charge is 0.370 e. The number of anilines is 1. The lowest BCUT2D eigenvalue weighted by molar-refractivity contribution is 0.364. The molecule has 88 valence electrons. The van der Waals surface area contributed by atoms with Gasteiger partial charge in [-0.15, -0.1) is 0 Å². The maximum Gasteiger partial charge on any atom is 0.0654 e. The van der Waals surface area contributed by atoms with Crippen LogP contribution in [0.1, 0.15) is 19.8 Å². The van der Waals surface area contributed by atoms with Crippen LogP contribution in [0.25, 0.3) is 0 Å². The summed E-state index contributed by atoms with van der Waals surface area (Å²) < 4.78 is 0. The zero-order valence-electron chi connectivity index (χ0n) is 9.34. The fourth-order valence-electron chi connectivity index (χ4n) is 2.00. The molecule has 1 heterocycles.